The molecule has 0 radical (unpaired) electrons. The fourth-order valence-corrected chi connectivity index (χ4v) is 1.94. The molecule has 3 heteroatoms. The van der Waals surface area contributed by atoms with Crippen molar-refractivity contribution in [2.45, 2.75) is 19.3 Å². The third kappa shape index (κ3) is 1.75. The maximum absolute atomic E-state index is 8.62. The Bertz CT molecular complexity index is 358. The first kappa shape index (κ1) is 9.53. The minimum atomic E-state index is 0.418. The van der Waals surface area contributed by atoms with Gasteiger partial charge in [0.15, 0.2) is 0 Å². The predicted octanol–water partition coefficient (Wildman–Crippen LogP) is 3.29. The largest absolute Gasteiger partial charge is 0.411 e. The molecule has 14 heavy (non-hydrogen) atoms. The van der Waals surface area contributed by atoms with E-state index in [0.717, 1.165) is 17.2 Å². The van der Waals surface area contributed by atoms with Gasteiger partial charge in [0.2, 0.25) is 0 Å². The van der Waals surface area contributed by atoms with Gasteiger partial charge in [-0.1, -0.05) is 28.9 Å². The summed E-state index contributed by atoms with van der Waals surface area (Å²) in [4.78, 5) is 0. The van der Waals surface area contributed by atoms with E-state index in [2.05, 4.69) is 5.16 Å². The molecule has 74 valence electrons. The number of oxime groups is 1. The van der Waals surface area contributed by atoms with Gasteiger partial charge in [-0.05, 0) is 37.0 Å². The highest BCUT2D eigenvalue weighted by molar-refractivity contribution is 6.30. The highest BCUT2D eigenvalue weighted by Crippen LogP contribution is 2.48. The summed E-state index contributed by atoms with van der Waals surface area (Å²) in [5, 5.41) is 12.6. The Hall–Kier alpha value is -1.02. The number of benzene rings is 1. The normalized spacial score (nSPS) is 26.3. The lowest BCUT2D eigenvalue weighted by molar-refractivity contribution is 0.316. The quantitative estimate of drug-likeness (QED) is 0.453. The van der Waals surface area contributed by atoms with Crippen molar-refractivity contribution < 1.29 is 5.21 Å². The van der Waals surface area contributed by atoms with Crippen LogP contribution < -0.4 is 0 Å². The van der Waals surface area contributed by atoms with Crippen LogP contribution in [0.2, 0.25) is 5.02 Å². The summed E-state index contributed by atoms with van der Waals surface area (Å²) in [6, 6.07) is 7.88. The Morgan fingerprint density at radius 3 is 2.64 bits per heavy atom. The topological polar surface area (TPSA) is 32.6 Å². The standard InChI is InChI=1S/C11H12ClNO/c1-7(13-14)10-6-11(10)8-2-4-9(12)5-3-8/h2-5,10-11,14H,6H2,1H3/b13-7-/t10-,11-/m0/s1. The van der Waals surface area contributed by atoms with Crippen molar-refractivity contribution in [1.29, 1.82) is 0 Å². The number of rotatable bonds is 2. The SMILES string of the molecule is C/C(=N/O)[C@@H]1C[C@H]1c1ccc(Cl)cc1. The zero-order chi connectivity index (χ0) is 10.1. The molecule has 1 aromatic carbocycles. The van der Waals surface area contributed by atoms with Crippen molar-refractivity contribution in [2.75, 3.05) is 0 Å². The zero-order valence-corrected chi connectivity index (χ0v) is 8.70. The molecule has 0 amide bonds. The highest BCUT2D eigenvalue weighted by Gasteiger charge is 2.40. The second kappa shape index (κ2) is 3.62. The molecular weight excluding hydrogens is 198 g/mol. The van der Waals surface area contributed by atoms with Crippen LogP contribution in [0, 0.1) is 5.92 Å². The van der Waals surface area contributed by atoms with E-state index >= 15 is 0 Å². The van der Waals surface area contributed by atoms with Gasteiger partial charge in [0.1, 0.15) is 0 Å². The summed E-state index contributed by atoms with van der Waals surface area (Å²) in [7, 11) is 0. The molecule has 0 spiro atoms. The fourth-order valence-electron chi connectivity index (χ4n) is 1.81. The van der Waals surface area contributed by atoms with E-state index in [1.807, 2.05) is 31.2 Å². The minimum Gasteiger partial charge on any atom is -0.411 e. The molecule has 2 rings (SSSR count). The van der Waals surface area contributed by atoms with E-state index in [0.29, 0.717) is 11.8 Å². The first-order valence-electron chi connectivity index (χ1n) is 4.66. The van der Waals surface area contributed by atoms with E-state index in [9.17, 15) is 0 Å². The zero-order valence-electron chi connectivity index (χ0n) is 7.94. The minimum absolute atomic E-state index is 0.418. The second-order valence-electron chi connectivity index (χ2n) is 3.74. The van der Waals surface area contributed by atoms with Gasteiger partial charge in [0.25, 0.3) is 0 Å². The van der Waals surface area contributed by atoms with Crippen LogP contribution in [0.5, 0.6) is 0 Å². The molecule has 1 fully saturated rings. The van der Waals surface area contributed by atoms with E-state index in [1.54, 1.807) is 0 Å². The van der Waals surface area contributed by atoms with Gasteiger partial charge in [-0.25, -0.2) is 0 Å². The average Bonchev–Trinajstić information content (AvgIpc) is 2.98. The molecule has 2 atom stereocenters. The molecule has 0 saturated heterocycles. The monoisotopic (exact) mass is 209 g/mol. The summed E-state index contributed by atoms with van der Waals surface area (Å²) in [6.45, 7) is 1.86. The Balaban J connectivity index is 2.10. The Morgan fingerprint density at radius 2 is 2.07 bits per heavy atom. The van der Waals surface area contributed by atoms with Gasteiger partial charge in [-0.15, -0.1) is 0 Å². The smallest absolute Gasteiger partial charge is 0.0577 e. The second-order valence-corrected chi connectivity index (χ2v) is 4.18. The van der Waals surface area contributed by atoms with Gasteiger partial charge in [0, 0.05) is 10.9 Å². The van der Waals surface area contributed by atoms with Crippen LogP contribution in [0.4, 0.5) is 0 Å². The Labute approximate surface area is 88.2 Å². The van der Waals surface area contributed by atoms with Gasteiger partial charge in [-0.3, -0.25) is 0 Å². The molecule has 1 N–H and O–H groups in total. The number of hydrogen-bond acceptors (Lipinski definition) is 2. The van der Waals surface area contributed by atoms with Crippen molar-refractivity contribution in [1.82, 2.24) is 0 Å². The lowest BCUT2D eigenvalue weighted by Gasteiger charge is -1.99. The molecule has 1 aromatic rings. The van der Waals surface area contributed by atoms with Crippen molar-refractivity contribution in [2.24, 2.45) is 11.1 Å². The third-order valence-electron chi connectivity index (χ3n) is 2.78. The molecule has 0 bridgehead atoms. The van der Waals surface area contributed by atoms with Crippen molar-refractivity contribution >= 4 is 17.3 Å². The first-order chi connectivity index (χ1) is 6.72. The maximum atomic E-state index is 8.62. The summed E-state index contributed by atoms with van der Waals surface area (Å²) < 4.78 is 0. The summed E-state index contributed by atoms with van der Waals surface area (Å²) in [5.41, 5.74) is 2.10. The molecule has 0 aliphatic heterocycles. The van der Waals surface area contributed by atoms with Crippen LogP contribution in [0.3, 0.4) is 0 Å². The predicted molar refractivity (Wildman–Crippen MR) is 57.2 cm³/mol. The van der Waals surface area contributed by atoms with Gasteiger partial charge < -0.3 is 5.21 Å². The van der Waals surface area contributed by atoms with Crippen LogP contribution in [-0.2, 0) is 0 Å². The Morgan fingerprint density at radius 1 is 1.43 bits per heavy atom. The van der Waals surface area contributed by atoms with E-state index in [4.69, 9.17) is 16.8 Å². The third-order valence-corrected chi connectivity index (χ3v) is 3.03. The molecular formula is C11H12ClNO. The van der Waals surface area contributed by atoms with Crippen molar-refractivity contribution in [3.05, 3.63) is 34.9 Å². The molecule has 1 aliphatic rings. The van der Waals surface area contributed by atoms with Gasteiger partial charge in [0.05, 0.1) is 5.71 Å². The van der Waals surface area contributed by atoms with Gasteiger partial charge >= 0.3 is 0 Å². The highest BCUT2D eigenvalue weighted by atomic mass is 35.5. The lowest BCUT2D eigenvalue weighted by atomic mass is 10.1. The van der Waals surface area contributed by atoms with Gasteiger partial charge in [-0.2, -0.15) is 0 Å². The Kier molecular flexibility index (Phi) is 2.46. The van der Waals surface area contributed by atoms with Crippen molar-refractivity contribution in [3.63, 3.8) is 0 Å². The lowest BCUT2D eigenvalue weighted by Crippen LogP contribution is -1.95. The molecule has 0 heterocycles. The van der Waals surface area contributed by atoms with Crippen molar-refractivity contribution in [3.8, 4) is 0 Å². The fraction of sp³-hybridized carbons (Fsp3) is 0.364. The summed E-state index contributed by atoms with van der Waals surface area (Å²) in [6.07, 6.45) is 1.08. The summed E-state index contributed by atoms with van der Waals surface area (Å²) in [5.74, 6) is 0.935. The maximum Gasteiger partial charge on any atom is 0.0577 e. The molecule has 2 nitrogen and oxygen atoms in total. The average molecular weight is 210 g/mol. The van der Waals surface area contributed by atoms with Crippen LogP contribution in [-0.4, -0.2) is 10.9 Å². The first-order valence-corrected chi connectivity index (χ1v) is 5.04. The molecule has 0 aromatic heterocycles. The number of halogens is 1. The van der Waals surface area contributed by atoms with Crippen LogP contribution in [0.1, 0.15) is 24.8 Å². The van der Waals surface area contributed by atoms with Crippen LogP contribution in [0.25, 0.3) is 0 Å². The van der Waals surface area contributed by atoms with E-state index < -0.39 is 0 Å². The molecule has 1 saturated carbocycles. The van der Waals surface area contributed by atoms with E-state index in [1.165, 1.54) is 5.56 Å². The number of nitrogens with zero attached hydrogens (tertiary/aromatic N) is 1. The summed E-state index contributed by atoms with van der Waals surface area (Å²) >= 11 is 5.80. The van der Waals surface area contributed by atoms with Crippen LogP contribution >= 0.6 is 11.6 Å². The van der Waals surface area contributed by atoms with Crippen LogP contribution in [0.15, 0.2) is 29.4 Å². The van der Waals surface area contributed by atoms with E-state index in [-0.39, 0.29) is 0 Å². The molecule has 0 unspecified atom stereocenters. The molecule has 1 aliphatic carbocycles. The number of hydrogen-bond donors (Lipinski definition) is 1.